The highest BCUT2D eigenvalue weighted by Gasteiger charge is 2.28. The number of piperazine rings is 1. The third-order valence-corrected chi connectivity index (χ3v) is 6.32. The van der Waals surface area contributed by atoms with Gasteiger partial charge in [0.2, 0.25) is 0 Å². The summed E-state index contributed by atoms with van der Waals surface area (Å²) in [6, 6.07) is 1.43. The molecule has 2 saturated heterocycles. The van der Waals surface area contributed by atoms with Gasteiger partial charge in [0.25, 0.3) is 5.91 Å². The zero-order valence-electron chi connectivity index (χ0n) is 15.7. The van der Waals surface area contributed by atoms with Crippen LogP contribution in [0.4, 0.5) is 5.13 Å². The molecule has 0 radical (unpaired) electrons. The van der Waals surface area contributed by atoms with E-state index in [1.807, 2.05) is 17.2 Å². The molecule has 2 unspecified atom stereocenters. The summed E-state index contributed by atoms with van der Waals surface area (Å²) < 4.78 is 0. The molecule has 2 aliphatic heterocycles. The smallest absolute Gasteiger partial charge is 0.273 e. The summed E-state index contributed by atoms with van der Waals surface area (Å²) in [5.74, 6) is 0.0711. The van der Waals surface area contributed by atoms with Gasteiger partial charge < -0.3 is 10.2 Å². The molecule has 6 nitrogen and oxygen atoms in total. The van der Waals surface area contributed by atoms with Gasteiger partial charge in [0, 0.05) is 63.3 Å². The van der Waals surface area contributed by atoms with E-state index >= 15 is 0 Å². The van der Waals surface area contributed by atoms with Crippen molar-refractivity contribution in [2.75, 3.05) is 51.1 Å². The Balaban J connectivity index is 1.44. The van der Waals surface area contributed by atoms with Gasteiger partial charge in [0.15, 0.2) is 5.13 Å². The number of carbonyl (C=O) groups excluding carboxylic acids is 1. The summed E-state index contributed by atoms with van der Waals surface area (Å²) in [5, 5.41) is 5.86. The van der Waals surface area contributed by atoms with Gasteiger partial charge in [0.05, 0.1) is 0 Å². The molecule has 25 heavy (non-hydrogen) atoms. The van der Waals surface area contributed by atoms with E-state index < -0.39 is 0 Å². The van der Waals surface area contributed by atoms with Gasteiger partial charge in [0.1, 0.15) is 5.69 Å². The van der Waals surface area contributed by atoms with E-state index in [4.69, 9.17) is 0 Å². The van der Waals surface area contributed by atoms with Crippen molar-refractivity contribution in [2.45, 2.75) is 45.7 Å². The maximum Gasteiger partial charge on any atom is 0.273 e. The molecule has 0 saturated carbocycles. The number of anilines is 1. The highest BCUT2D eigenvalue weighted by atomic mass is 32.1. The van der Waals surface area contributed by atoms with Crippen molar-refractivity contribution in [3.63, 3.8) is 0 Å². The molecule has 1 amide bonds. The first-order valence-electron chi connectivity index (χ1n) is 9.55. The lowest BCUT2D eigenvalue weighted by molar-refractivity contribution is 0.0610. The fourth-order valence-corrected chi connectivity index (χ4v) is 4.64. The van der Waals surface area contributed by atoms with Crippen molar-refractivity contribution in [2.24, 2.45) is 0 Å². The van der Waals surface area contributed by atoms with Crippen LogP contribution in [-0.4, -0.2) is 83.5 Å². The van der Waals surface area contributed by atoms with Crippen LogP contribution in [0, 0.1) is 0 Å². The molecule has 0 aliphatic carbocycles. The van der Waals surface area contributed by atoms with E-state index in [-0.39, 0.29) is 5.91 Å². The highest BCUT2D eigenvalue weighted by molar-refractivity contribution is 7.13. The third-order valence-electron chi connectivity index (χ3n) is 5.52. The largest absolute Gasteiger partial charge is 0.362 e. The first kappa shape index (κ1) is 18.6. The van der Waals surface area contributed by atoms with Crippen molar-refractivity contribution < 1.29 is 4.79 Å². The Hall–Kier alpha value is -1.18. The molecular weight excluding hydrogens is 334 g/mol. The molecule has 7 heteroatoms. The lowest BCUT2D eigenvalue weighted by Gasteiger charge is -2.36. The van der Waals surface area contributed by atoms with Crippen LogP contribution in [0.5, 0.6) is 0 Å². The predicted octanol–water partition coefficient (Wildman–Crippen LogP) is 2.21. The molecule has 0 spiro atoms. The summed E-state index contributed by atoms with van der Waals surface area (Å²) in [4.78, 5) is 24.1. The van der Waals surface area contributed by atoms with Crippen molar-refractivity contribution in [1.29, 1.82) is 0 Å². The van der Waals surface area contributed by atoms with Gasteiger partial charge in [-0.1, -0.05) is 0 Å². The number of nitrogens with zero attached hydrogens (tertiary/aromatic N) is 4. The molecular formula is C18H31N5OS. The normalized spacial score (nSPS) is 25.5. The van der Waals surface area contributed by atoms with Crippen LogP contribution in [0.25, 0.3) is 0 Å². The maximum atomic E-state index is 12.6. The first-order valence-corrected chi connectivity index (χ1v) is 10.4. The Morgan fingerprint density at radius 2 is 1.88 bits per heavy atom. The fraction of sp³-hybridized carbons (Fsp3) is 0.778. The number of aromatic nitrogens is 1. The Labute approximate surface area is 155 Å². The van der Waals surface area contributed by atoms with E-state index in [1.165, 1.54) is 24.2 Å². The van der Waals surface area contributed by atoms with Gasteiger partial charge in [-0.2, -0.15) is 0 Å². The molecule has 1 N–H and O–H groups in total. The van der Waals surface area contributed by atoms with Crippen molar-refractivity contribution in [3.05, 3.63) is 11.1 Å². The first-order chi connectivity index (χ1) is 12.1. The van der Waals surface area contributed by atoms with Gasteiger partial charge in [-0.05, 0) is 33.6 Å². The van der Waals surface area contributed by atoms with E-state index in [0.717, 1.165) is 50.9 Å². The molecule has 2 fully saturated rings. The molecule has 2 aliphatic rings. The molecule has 3 heterocycles. The number of amides is 1. The Morgan fingerprint density at radius 1 is 1.20 bits per heavy atom. The topological polar surface area (TPSA) is 51.7 Å². The lowest BCUT2D eigenvalue weighted by atomic mass is 10.2. The molecule has 3 rings (SSSR count). The summed E-state index contributed by atoms with van der Waals surface area (Å²) in [6.45, 7) is 13.3. The van der Waals surface area contributed by atoms with Crippen LogP contribution >= 0.6 is 11.3 Å². The van der Waals surface area contributed by atoms with Crippen molar-refractivity contribution in [3.8, 4) is 0 Å². The highest BCUT2D eigenvalue weighted by Crippen LogP contribution is 2.23. The lowest BCUT2D eigenvalue weighted by Crippen LogP contribution is -2.51. The van der Waals surface area contributed by atoms with Crippen LogP contribution < -0.4 is 5.32 Å². The van der Waals surface area contributed by atoms with Crippen molar-refractivity contribution >= 4 is 22.4 Å². The summed E-state index contributed by atoms with van der Waals surface area (Å²) in [7, 11) is 0. The molecule has 0 aromatic carbocycles. The number of nitrogens with one attached hydrogen (secondary N) is 1. The monoisotopic (exact) mass is 365 g/mol. The van der Waals surface area contributed by atoms with Crippen molar-refractivity contribution in [1.82, 2.24) is 19.7 Å². The zero-order chi connectivity index (χ0) is 17.8. The molecule has 140 valence electrons. The minimum atomic E-state index is 0.0711. The average Bonchev–Trinajstić information content (AvgIpc) is 3.21. The fourth-order valence-electron chi connectivity index (χ4n) is 3.89. The Morgan fingerprint density at radius 3 is 2.52 bits per heavy atom. The third kappa shape index (κ3) is 4.51. The number of hydrogen-bond acceptors (Lipinski definition) is 6. The van der Waals surface area contributed by atoms with Crippen LogP contribution in [0.15, 0.2) is 5.38 Å². The Kier molecular flexibility index (Phi) is 6.30. The number of carbonyl (C=O) groups is 1. The minimum absolute atomic E-state index is 0.0711. The number of thiazole rings is 1. The maximum absolute atomic E-state index is 12.6. The molecule has 1 aromatic heterocycles. The van der Waals surface area contributed by atoms with E-state index in [2.05, 4.69) is 33.9 Å². The zero-order valence-corrected chi connectivity index (χ0v) is 16.5. The minimum Gasteiger partial charge on any atom is -0.362 e. The molecule has 0 bridgehead atoms. The number of likely N-dealkylation sites (tertiary alicyclic amines) is 1. The molecule has 2 atom stereocenters. The predicted molar refractivity (Wildman–Crippen MR) is 103 cm³/mol. The second-order valence-corrected chi connectivity index (χ2v) is 8.07. The summed E-state index contributed by atoms with van der Waals surface area (Å²) in [6.07, 6.45) is 2.65. The molecule has 1 aromatic rings. The Bertz CT molecular complexity index is 560. The summed E-state index contributed by atoms with van der Waals surface area (Å²) in [5.41, 5.74) is 0.578. The van der Waals surface area contributed by atoms with E-state index in [1.54, 1.807) is 0 Å². The number of hydrogen-bond donors (Lipinski definition) is 1. The second-order valence-electron chi connectivity index (χ2n) is 7.22. The quantitative estimate of drug-likeness (QED) is 0.838. The van der Waals surface area contributed by atoms with E-state index in [9.17, 15) is 4.79 Å². The second kappa shape index (κ2) is 8.47. The number of rotatable bonds is 6. The standard InChI is InChI=1S/C18H31N5OS/c1-4-19-18-20-16(13-25-18)17(24)22-10-7-21(8-11-22)9-12-23-14(2)5-6-15(23)3/h13-15H,4-12H2,1-3H3,(H,19,20). The van der Waals surface area contributed by atoms with Crippen LogP contribution in [0.3, 0.4) is 0 Å². The van der Waals surface area contributed by atoms with Crippen LogP contribution in [0.1, 0.15) is 44.1 Å². The van der Waals surface area contributed by atoms with Gasteiger partial charge in [-0.15, -0.1) is 11.3 Å². The van der Waals surface area contributed by atoms with Crippen LogP contribution in [-0.2, 0) is 0 Å². The average molecular weight is 366 g/mol. The summed E-state index contributed by atoms with van der Waals surface area (Å²) >= 11 is 1.50. The van der Waals surface area contributed by atoms with Gasteiger partial charge >= 0.3 is 0 Å². The van der Waals surface area contributed by atoms with Crippen LogP contribution in [0.2, 0.25) is 0 Å². The SMILES string of the molecule is CCNc1nc(C(=O)N2CCN(CCN3C(C)CCC3C)CC2)cs1. The van der Waals surface area contributed by atoms with Gasteiger partial charge in [-0.25, -0.2) is 4.98 Å². The van der Waals surface area contributed by atoms with E-state index in [0.29, 0.717) is 17.8 Å². The van der Waals surface area contributed by atoms with Gasteiger partial charge in [-0.3, -0.25) is 14.6 Å².